The summed E-state index contributed by atoms with van der Waals surface area (Å²) in [5.74, 6) is 2.16. The first-order chi connectivity index (χ1) is 9.22. The normalized spacial score (nSPS) is 10.4. The molecule has 106 valence electrons. The second-order valence-corrected chi connectivity index (χ2v) is 6.65. The van der Waals surface area contributed by atoms with E-state index in [-0.39, 0.29) is 11.7 Å². The van der Waals surface area contributed by atoms with Crippen LogP contribution in [0.25, 0.3) is 0 Å². The lowest BCUT2D eigenvalue weighted by Crippen LogP contribution is -2.25. The summed E-state index contributed by atoms with van der Waals surface area (Å²) in [6, 6.07) is 6.95. The quantitative estimate of drug-likeness (QED) is 0.479. The number of amides is 1. The standard InChI is InChI=1S/C13H20N2O2S2/c14-7-9-18-19-10-8-15-13(17)6-3-11-1-4-12(16)5-2-11/h1-2,4-5,16H,3,6-10,14H2,(H,15,17). The zero-order valence-corrected chi connectivity index (χ0v) is 12.4. The fourth-order valence-corrected chi connectivity index (χ4v) is 3.17. The van der Waals surface area contributed by atoms with Crippen molar-refractivity contribution in [3.8, 4) is 5.75 Å². The molecule has 1 amide bonds. The van der Waals surface area contributed by atoms with E-state index < -0.39 is 0 Å². The Bertz CT molecular complexity index is 371. The van der Waals surface area contributed by atoms with Crippen LogP contribution in [0.5, 0.6) is 5.75 Å². The zero-order chi connectivity index (χ0) is 13.9. The Kier molecular flexibility index (Phi) is 8.53. The summed E-state index contributed by atoms with van der Waals surface area (Å²) in [7, 11) is 3.46. The van der Waals surface area contributed by atoms with E-state index in [0.717, 1.165) is 17.1 Å². The van der Waals surface area contributed by atoms with E-state index in [1.54, 1.807) is 33.7 Å². The topological polar surface area (TPSA) is 75.3 Å². The van der Waals surface area contributed by atoms with E-state index in [1.165, 1.54) is 0 Å². The van der Waals surface area contributed by atoms with Crippen LogP contribution in [0, 0.1) is 0 Å². The number of phenols is 1. The molecule has 0 aliphatic heterocycles. The second kappa shape index (κ2) is 10.00. The van der Waals surface area contributed by atoms with E-state index in [9.17, 15) is 4.79 Å². The van der Waals surface area contributed by atoms with Crippen LogP contribution in [0.1, 0.15) is 12.0 Å². The first-order valence-corrected chi connectivity index (χ1v) is 8.70. The molecule has 0 unspecified atom stereocenters. The minimum Gasteiger partial charge on any atom is -0.508 e. The Balaban J connectivity index is 2.06. The summed E-state index contributed by atoms with van der Waals surface area (Å²) in [5, 5.41) is 12.0. The molecule has 0 saturated carbocycles. The summed E-state index contributed by atoms with van der Waals surface area (Å²) < 4.78 is 0. The Morgan fingerprint density at radius 2 is 1.89 bits per heavy atom. The molecule has 0 atom stereocenters. The van der Waals surface area contributed by atoms with Crippen molar-refractivity contribution in [3.05, 3.63) is 29.8 Å². The van der Waals surface area contributed by atoms with Crippen LogP contribution in [0.3, 0.4) is 0 Å². The number of rotatable bonds is 9. The van der Waals surface area contributed by atoms with Gasteiger partial charge in [-0.25, -0.2) is 0 Å². The minimum atomic E-state index is 0.0671. The average molecular weight is 300 g/mol. The molecule has 0 spiro atoms. The third-order valence-corrected chi connectivity index (χ3v) is 4.81. The Labute approximate surface area is 121 Å². The smallest absolute Gasteiger partial charge is 0.220 e. The van der Waals surface area contributed by atoms with Gasteiger partial charge in [0.2, 0.25) is 5.91 Å². The average Bonchev–Trinajstić information content (AvgIpc) is 2.42. The van der Waals surface area contributed by atoms with Gasteiger partial charge < -0.3 is 16.2 Å². The van der Waals surface area contributed by atoms with Gasteiger partial charge in [0, 0.05) is 31.0 Å². The highest BCUT2D eigenvalue weighted by atomic mass is 33.1. The third kappa shape index (κ3) is 8.02. The summed E-state index contributed by atoms with van der Waals surface area (Å²) in [4.78, 5) is 11.6. The SMILES string of the molecule is NCCSSCCNC(=O)CCc1ccc(O)cc1. The van der Waals surface area contributed by atoms with Gasteiger partial charge in [-0.15, -0.1) is 0 Å². The fraction of sp³-hybridized carbons (Fsp3) is 0.462. The molecular formula is C13H20N2O2S2. The fourth-order valence-electron chi connectivity index (χ4n) is 1.41. The van der Waals surface area contributed by atoms with Crippen LogP contribution < -0.4 is 11.1 Å². The maximum atomic E-state index is 11.6. The molecule has 1 aromatic rings. The molecule has 19 heavy (non-hydrogen) atoms. The monoisotopic (exact) mass is 300 g/mol. The van der Waals surface area contributed by atoms with Gasteiger partial charge in [0.05, 0.1) is 0 Å². The molecule has 0 bridgehead atoms. The summed E-state index contributed by atoms with van der Waals surface area (Å²) in [6.07, 6.45) is 1.17. The molecular weight excluding hydrogens is 280 g/mol. The summed E-state index contributed by atoms with van der Waals surface area (Å²) in [5.41, 5.74) is 6.43. The highest BCUT2D eigenvalue weighted by molar-refractivity contribution is 8.76. The molecule has 4 N–H and O–H groups in total. The summed E-state index contributed by atoms with van der Waals surface area (Å²) in [6.45, 7) is 1.38. The van der Waals surface area contributed by atoms with Crippen molar-refractivity contribution in [2.75, 3.05) is 24.6 Å². The van der Waals surface area contributed by atoms with Crippen molar-refractivity contribution in [1.82, 2.24) is 5.32 Å². The number of carbonyl (C=O) groups is 1. The van der Waals surface area contributed by atoms with E-state index in [1.807, 2.05) is 12.1 Å². The molecule has 0 saturated heterocycles. The Morgan fingerprint density at radius 1 is 1.21 bits per heavy atom. The van der Waals surface area contributed by atoms with Crippen LogP contribution in [-0.4, -0.2) is 35.6 Å². The van der Waals surface area contributed by atoms with E-state index in [0.29, 0.717) is 25.9 Å². The van der Waals surface area contributed by atoms with Crippen LogP contribution in [0.15, 0.2) is 24.3 Å². The molecule has 0 heterocycles. The van der Waals surface area contributed by atoms with Gasteiger partial charge in [0.25, 0.3) is 0 Å². The molecule has 0 aliphatic rings. The lowest BCUT2D eigenvalue weighted by atomic mass is 10.1. The van der Waals surface area contributed by atoms with Gasteiger partial charge in [-0.1, -0.05) is 33.7 Å². The van der Waals surface area contributed by atoms with E-state index in [4.69, 9.17) is 10.8 Å². The van der Waals surface area contributed by atoms with Crippen molar-refractivity contribution >= 4 is 27.5 Å². The van der Waals surface area contributed by atoms with Crippen molar-refractivity contribution in [2.24, 2.45) is 5.73 Å². The number of benzene rings is 1. The van der Waals surface area contributed by atoms with Crippen molar-refractivity contribution < 1.29 is 9.90 Å². The van der Waals surface area contributed by atoms with Crippen molar-refractivity contribution in [3.63, 3.8) is 0 Å². The maximum Gasteiger partial charge on any atom is 0.220 e. The number of aromatic hydroxyl groups is 1. The molecule has 1 aromatic carbocycles. The second-order valence-electron chi connectivity index (χ2n) is 3.95. The van der Waals surface area contributed by atoms with E-state index >= 15 is 0 Å². The number of phenolic OH excluding ortho intramolecular Hbond substituents is 1. The first-order valence-electron chi connectivity index (χ1n) is 6.21. The number of hydrogen-bond acceptors (Lipinski definition) is 5. The largest absolute Gasteiger partial charge is 0.508 e. The first kappa shape index (κ1) is 16.2. The number of nitrogens with one attached hydrogen (secondary N) is 1. The zero-order valence-electron chi connectivity index (χ0n) is 10.8. The lowest BCUT2D eigenvalue weighted by Gasteiger charge is -2.05. The molecule has 0 radical (unpaired) electrons. The number of hydrogen-bond donors (Lipinski definition) is 3. The molecule has 4 nitrogen and oxygen atoms in total. The van der Waals surface area contributed by atoms with E-state index in [2.05, 4.69) is 5.32 Å². The van der Waals surface area contributed by atoms with Gasteiger partial charge in [0.15, 0.2) is 0 Å². The van der Waals surface area contributed by atoms with Crippen LogP contribution >= 0.6 is 21.6 Å². The van der Waals surface area contributed by atoms with Gasteiger partial charge >= 0.3 is 0 Å². The van der Waals surface area contributed by atoms with Crippen molar-refractivity contribution in [1.29, 1.82) is 0 Å². The van der Waals surface area contributed by atoms with Crippen LogP contribution in [0.2, 0.25) is 0 Å². The summed E-state index contributed by atoms with van der Waals surface area (Å²) >= 11 is 0. The molecule has 6 heteroatoms. The minimum absolute atomic E-state index is 0.0671. The van der Waals surface area contributed by atoms with Gasteiger partial charge in [-0.2, -0.15) is 0 Å². The molecule has 0 aliphatic carbocycles. The predicted octanol–water partition coefficient (Wildman–Crippen LogP) is 1.78. The van der Waals surface area contributed by atoms with Crippen LogP contribution in [0.4, 0.5) is 0 Å². The maximum absolute atomic E-state index is 11.6. The molecule has 1 rings (SSSR count). The van der Waals surface area contributed by atoms with Crippen LogP contribution in [-0.2, 0) is 11.2 Å². The lowest BCUT2D eigenvalue weighted by molar-refractivity contribution is -0.120. The highest BCUT2D eigenvalue weighted by Crippen LogP contribution is 2.18. The molecule has 0 fully saturated rings. The Morgan fingerprint density at radius 3 is 2.58 bits per heavy atom. The van der Waals surface area contributed by atoms with Gasteiger partial charge in [-0.05, 0) is 24.1 Å². The Hall–Kier alpha value is -0.850. The molecule has 0 aromatic heterocycles. The number of carbonyl (C=O) groups excluding carboxylic acids is 1. The third-order valence-electron chi connectivity index (χ3n) is 2.37. The van der Waals surface area contributed by atoms with Gasteiger partial charge in [-0.3, -0.25) is 4.79 Å². The highest BCUT2D eigenvalue weighted by Gasteiger charge is 2.02. The van der Waals surface area contributed by atoms with Crippen molar-refractivity contribution in [2.45, 2.75) is 12.8 Å². The number of nitrogens with two attached hydrogens (primary N) is 1. The number of aryl methyl sites for hydroxylation is 1. The predicted molar refractivity (Wildman–Crippen MR) is 83.4 cm³/mol. The van der Waals surface area contributed by atoms with Gasteiger partial charge in [0.1, 0.15) is 5.75 Å².